The summed E-state index contributed by atoms with van der Waals surface area (Å²) in [6.07, 6.45) is 10.8. The molecule has 3 heteroatoms. The molecular formula is C14H21N3. The minimum Gasteiger partial charge on any atom is -0.349 e. The lowest BCUT2D eigenvalue weighted by Gasteiger charge is -2.41. The Kier molecular flexibility index (Phi) is 2.77. The quantitative estimate of drug-likeness (QED) is 0.783. The van der Waals surface area contributed by atoms with Gasteiger partial charge in [0.2, 0.25) is 0 Å². The maximum absolute atomic E-state index is 4.48. The van der Waals surface area contributed by atoms with E-state index in [0.29, 0.717) is 12.1 Å². The van der Waals surface area contributed by atoms with Crippen molar-refractivity contribution in [3.8, 4) is 0 Å². The van der Waals surface area contributed by atoms with E-state index in [2.05, 4.69) is 28.7 Å². The van der Waals surface area contributed by atoms with Gasteiger partial charge in [0.25, 0.3) is 0 Å². The zero-order valence-corrected chi connectivity index (χ0v) is 10.7. The fourth-order valence-electron chi connectivity index (χ4n) is 3.56. The molecule has 2 unspecified atom stereocenters. The van der Waals surface area contributed by atoms with Gasteiger partial charge in [0.15, 0.2) is 0 Å². The van der Waals surface area contributed by atoms with Crippen molar-refractivity contribution in [1.82, 2.24) is 9.97 Å². The van der Waals surface area contributed by atoms with Gasteiger partial charge in [0, 0.05) is 24.5 Å². The molecule has 17 heavy (non-hydrogen) atoms. The zero-order chi connectivity index (χ0) is 11.8. The second-order valence-electron chi connectivity index (χ2n) is 5.83. The van der Waals surface area contributed by atoms with Crippen LogP contribution in [0.2, 0.25) is 0 Å². The summed E-state index contributed by atoms with van der Waals surface area (Å²) in [6.45, 7) is 4.73. The van der Waals surface area contributed by atoms with Crippen molar-refractivity contribution < 1.29 is 0 Å². The molecule has 2 saturated heterocycles. The van der Waals surface area contributed by atoms with Crippen LogP contribution in [0.4, 0.5) is 5.82 Å². The Bertz CT molecular complexity index is 362. The van der Waals surface area contributed by atoms with E-state index in [-0.39, 0.29) is 0 Å². The number of hydrogen-bond donors (Lipinski definition) is 0. The fourth-order valence-corrected chi connectivity index (χ4v) is 3.56. The molecule has 2 bridgehead atoms. The first-order valence-corrected chi connectivity index (χ1v) is 6.80. The fraction of sp³-hybridized carbons (Fsp3) is 0.714. The van der Waals surface area contributed by atoms with Gasteiger partial charge in [0.1, 0.15) is 5.82 Å². The van der Waals surface area contributed by atoms with Crippen LogP contribution in [0.5, 0.6) is 0 Å². The van der Waals surface area contributed by atoms with E-state index >= 15 is 0 Å². The molecule has 0 N–H and O–H groups in total. The van der Waals surface area contributed by atoms with E-state index in [4.69, 9.17) is 0 Å². The summed E-state index contributed by atoms with van der Waals surface area (Å²) < 4.78 is 0. The van der Waals surface area contributed by atoms with Gasteiger partial charge in [-0.15, -0.1) is 0 Å². The average molecular weight is 231 g/mol. The molecule has 2 atom stereocenters. The molecule has 0 spiro atoms. The SMILES string of the molecule is CC(C)C1CC2CCC(C1)N2c1cnccn1. The minimum atomic E-state index is 0.706. The summed E-state index contributed by atoms with van der Waals surface area (Å²) in [5, 5.41) is 0. The third kappa shape index (κ3) is 1.92. The highest BCUT2D eigenvalue weighted by atomic mass is 15.3. The Balaban J connectivity index is 1.82. The maximum atomic E-state index is 4.48. The van der Waals surface area contributed by atoms with Crippen LogP contribution in [0, 0.1) is 11.8 Å². The lowest BCUT2D eigenvalue weighted by molar-refractivity contribution is 0.266. The summed E-state index contributed by atoms with van der Waals surface area (Å²) in [4.78, 5) is 11.2. The van der Waals surface area contributed by atoms with E-state index in [0.717, 1.165) is 17.7 Å². The average Bonchev–Trinajstić information content (AvgIpc) is 2.60. The molecule has 0 aliphatic carbocycles. The largest absolute Gasteiger partial charge is 0.349 e. The van der Waals surface area contributed by atoms with Crippen LogP contribution in [0.1, 0.15) is 39.5 Å². The van der Waals surface area contributed by atoms with E-state index < -0.39 is 0 Å². The number of anilines is 1. The summed E-state index contributed by atoms with van der Waals surface area (Å²) in [6, 6.07) is 1.41. The Morgan fingerprint density at radius 1 is 1.18 bits per heavy atom. The molecule has 2 aliphatic rings. The Labute approximate surface area is 103 Å². The third-order valence-corrected chi connectivity index (χ3v) is 4.53. The van der Waals surface area contributed by atoms with Crippen LogP contribution in [0.3, 0.4) is 0 Å². The lowest BCUT2D eigenvalue weighted by Crippen LogP contribution is -2.44. The topological polar surface area (TPSA) is 29.0 Å². The second-order valence-corrected chi connectivity index (χ2v) is 5.83. The molecule has 0 amide bonds. The van der Waals surface area contributed by atoms with Gasteiger partial charge >= 0.3 is 0 Å². The predicted molar refractivity (Wildman–Crippen MR) is 68.9 cm³/mol. The van der Waals surface area contributed by atoms with Crippen molar-refractivity contribution in [2.75, 3.05) is 4.90 Å². The van der Waals surface area contributed by atoms with Crippen molar-refractivity contribution in [2.24, 2.45) is 11.8 Å². The van der Waals surface area contributed by atoms with Gasteiger partial charge in [-0.1, -0.05) is 13.8 Å². The zero-order valence-electron chi connectivity index (χ0n) is 10.7. The first-order valence-electron chi connectivity index (χ1n) is 6.80. The molecule has 3 nitrogen and oxygen atoms in total. The van der Waals surface area contributed by atoms with Crippen LogP contribution in [0.25, 0.3) is 0 Å². The highest BCUT2D eigenvalue weighted by Crippen LogP contribution is 2.42. The number of rotatable bonds is 2. The lowest BCUT2D eigenvalue weighted by atomic mass is 9.83. The number of nitrogens with zero attached hydrogens (tertiary/aromatic N) is 3. The summed E-state index contributed by atoms with van der Waals surface area (Å²) >= 11 is 0. The summed E-state index contributed by atoms with van der Waals surface area (Å²) in [5.41, 5.74) is 0. The van der Waals surface area contributed by atoms with Crippen molar-refractivity contribution in [3.63, 3.8) is 0 Å². The van der Waals surface area contributed by atoms with Gasteiger partial charge in [-0.2, -0.15) is 0 Å². The highest BCUT2D eigenvalue weighted by molar-refractivity contribution is 5.41. The van der Waals surface area contributed by atoms with E-state index in [1.54, 1.807) is 6.20 Å². The number of fused-ring (bicyclic) bond motifs is 2. The molecule has 3 rings (SSSR count). The standard InChI is InChI=1S/C14H21N3/c1-10(2)11-7-12-3-4-13(8-11)17(12)14-9-15-5-6-16-14/h5-6,9-13H,3-4,7-8H2,1-2H3. The van der Waals surface area contributed by atoms with Gasteiger partial charge in [-0.05, 0) is 37.5 Å². The number of aromatic nitrogens is 2. The predicted octanol–water partition coefficient (Wildman–Crippen LogP) is 2.88. The van der Waals surface area contributed by atoms with Crippen LogP contribution in [-0.2, 0) is 0 Å². The second kappa shape index (κ2) is 4.28. The first kappa shape index (κ1) is 11.0. The molecule has 3 heterocycles. The van der Waals surface area contributed by atoms with Gasteiger partial charge in [-0.3, -0.25) is 4.98 Å². The van der Waals surface area contributed by atoms with Crippen molar-refractivity contribution in [1.29, 1.82) is 0 Å². The van der Waals surface area contributed by atoms with E-state index in [1.807, 2.05) is 12.4 Å². The molecule has 1 aromatic rings. The Hall–Kier alpha value is -1.12. The highest BCUT2D eigenvalue weighted by Gasteiger charge is 2.41. The van der Waals surface area contributed by atoms with Crippen molar-refractivity contribution in [2.45, 2.75) is 51.6 Å². The molecule has 2 aliphatic heterocycles. The molecule has 0 aromatic carbocycles. The molecule has 0 saturated carbocycles. The molecule has 0 radical (unpaired) electrons. The maximum Gasteiger partial charge on any atom is 0.147 e. The molecule has 92 valence electrons. The molecule has 1 aromatic heterocycles. The van der Waals surface area contributed by atoms with E-state index in [1.165, 1.54) is 25.7 Å². The Morgan fingerprint density at radius 2 is 1.88 bits per heavy atom. The Morgan fingerprint density at radius 3 is 2.41 bits per heavy atom. The van der Waals surface area contributed by atoms with Crippen LogP contribution < -0.4 is 4.90 Å². The summed E-state index contributed by atoms with van der Waals surface area (Å²) in [5.74, 6) is 2.81. The van der Waals surface area contributed by atoms with Gasteiger partial charge < -0.3 is 4.90 Å². The molecular weight excluding hydrogens is 210 g/mol. The monoisotopic (exact) mass is 231 g/mol. The molecule has 2 fully saturated rings. The van der Waals surface area contributed by atoms with Gasteiger partial charge in [-0.25, -0.2) is 4.98 Å². The minimum absolute atomic E-state index is 0.706. The number of piperidine rings is 1. The van der Waals surface area contributed by atoms with Crippen LogP contribution in [0.15, 0.2) is 18.6 Å². The van der Waals surface area contributed by atoms with Crippen LogP contribution in [-0.4, -0.2) is 22.1 Å². The van der Waals surface area contributed by atoms with E-state index in [9.17, 15) is 0 Å². The first-order chi connectivity index (χ1) is 8.25. The summed E-state index contributed by atoms with van der Waals surface area (Å²) in [7, 11) is 0. The van der Waals surface area contributed by atoms with Crippen molar-refractivity contribution >= 4 is 5.82 Å². The van der Waals surface area contributed by atoms with Crippen molar-refractivity contribution in [3.05, 3.63) is 18.6 Å². The van der Waals surface area contributed by atoms with Crippen LogP contribution >= 0.6 is 0 Å². The number of hydrogen-bond acceptors (Lipinski definition) is 3. The smallest absolute Gasteiger partial charge is 0.147 e. The van der Waals surface area contributed by atoms with Gasteiger partial charge in [0.05, 0.1) is 6.20 Å². The normalized spacial score (nSPS) is 32.2. The third-order valence-electron chi connectivity index (χ3n) is 4.53.